The summed E-state index contributed by atoms with van der Waals surface area (Å²) in [5.41, 5.74) is 2.77. The Bertz CT molecular complexity index is 1030. The topological polar surface area (TPSA) is 64.6 Å². The smallest absolute Gasteiger partial charge is 0.343 e. The number of para-hydroxylation sites is 1. The fraction of sp³-hybridized carbons (Fsp3) is 0.182. The van der Waals surface area contributed by atoms with Crippen molar-refractivity contribution in [1.29, 1.82) is 0 Å². The lowest BCUT2D eigenvalue weighted by Crippen LogP contribution is -2.24. The van der Waals surface area contributed by atoms with E-state index >= 15 is 0 Å². The minimum Gasteiger partial charge on any atom is -0.482 e. The average Bonchev–Trinajstić information content (AvgIpc) is 2.71. The molecule has 0 bridgehead atoms. The Labute approximate surface area is 156 Å². The number of methoxy groups -OCH3 is 1. The molecule has 4 rings (SSSR count). The van der Waals surface area contributed by atoms with Gasteiger partial charge in [0.1, 0.15) is 5.75 Å². The van der Waals surface area contributed by atoms with Gasteiger partial charge in [-0.2, -0.15) is 0 Å². The summed E-state index contributed by atoms with van der Waals surface area (Å²) in [6, 6.07) is 19.6. The van der Waals surface area contributed by atoms with E-state index < -0.39 is 5.97 Å². The number of carbonyl (C=O) groups is 2. The molecule has 0 fully saturated rings. The van der Waals surface area contributed by atoms with Crippen molar-refractivity contribution in [2.75, 3.05) is 19.0 Å². The minimum absolute atomic E-state index is 0.0355. The van der Waals surface area contributed by atoms with Crippen molar-refractivity contribution in [3.8, 4) is 5.75 Å². The number of hydrogen-bond donors (Lipinski definition) is 1. The highest BCUT2D eigenvalue weighted by Gasteiger charge is 2.29. The Balaban J connectivity index is 1.79. The van der Waals surface area contributed by atoms with Crippen LogP contribution in [0, 0.1) is 0 Å². The number of amides is 1. The standard InChI is InChI=1S/C22H19NO4/c1-26-21(25)13-27-19-9-5-4-8-16(19)18-12-20(24)23-22-15-7-3-2-6-14(15)10-11-17(18)22/h2-11,18H,12-13H2,1H3,(H,23,24)/t18-/m0/s1. The fourth-order valence-electron chi connectivity index (χ4n) is 3.58. The zero-order chi connectivity index (χ0) is 18.8. The first-order valence-electron chi connectivity index (χ1n) is 8.77. The molecule has 0 unspecified atom stereocenters. The van der Waals surface area contributed by atoms with Gasteiger partial charge in [-0.3, -0.25) is 4.79 Å². The highest BCUT2D eigenvalue weighted by Crippen LogP contribution is 2.43. The van der Waals surface area contributed by atoms with E-state index in [-0.39, 0.29) is 18.4 Å². The van der Waals surface area contributed by atoms with Crippen molar-refractivity contribution in [2.45, 2.75) is 12.3 Å². The molecule has 1 N–H and O–H groups in total. The van der Waals surface area contributed by atoms with E-state index in [1.165, 1.54) is 7.11 Å². The molecule has 5 heteroatoms. The van der Waals surface area contributed by atoms with Gasteiger partial charge in [-0.05, 0) is 17.0 Å². The third-order valence-electron chi connectivity index (χ3n) is 4.86. The summed E-state index contributed by atoms with van der Waals surface area (Å²) < 4.78 is 10.3. The van der Waals surface area contributed by atoms with Crippen LogP contribution in [0.25, 0.3) is 10.8 Å². The predicted molar refractivity (Wildman–Crippen MR) is 103 cm³/mol. The van der Waals surface area contributed by atoms with E-state index in [0.717, 1.165) is 27.6 Å². The highest BCUT2D eigenvalue weighted by atomic mass is 16.6. The Hall–Kier alpha value is -3.34. The van der Waals surface area contributed by atoms with Crippen molar-refractivity contribution in [3.63, 3.8) is 0 Å². The zero-order valence-electron chi connectivity index (χ0n) is 14.9. The number of benzene rings is 3. The van der Waals surface area contributed by atoms with Crippen molar-refractivity contribution in [1.82, 2.24) is 0 Å². The van der Waals surface area contributed by atoms with Gasteiger partial charge in [-0.25, -0.2) is 4.79 Å². The maximum Gasteiger partial charge on any atom is 0.343 e. The van der Waals surface area contributed by atoms with Gasteiger partial charge in [0.2, 0.25) is 5.91 Å². The second-order valence-electron chi connectivity index (χ2n) is 6.46. The van der Waals surface area contributed by atoms with Crippen LogP contribution in [0.1, 0.15) is 23.5 Å². The SMILES string of the molecule is COC(=O)COc1ccccc1[C@@H]1CC(=O)Nc2c1ccc1ccccc21. The molecule has 1 aliphatic rings. The minimum atomic E-state index is -0.447. The molecule has 1 atom stereocenters. The highest BCUT2D eigenvalue weighted by molar-refractivity contribution is 6.06. The molecule has 1 heterocycles. The molecular weight excluding hydrogens is 342 g/mol. The summed E-state index contributed by atoms with van der Waals surface area (Å²) >= 11 is 0. The molecule has 5 nitrogen and oxygen atoms in total. The number of fused-ring (bicyclic) bond motifs is 3. The largest absolute Gasteiger partial charge is 0.482 e. The van der Waals surface area contributed by atoms with Crippen LogP contribution in [0.15, 0.2) is 60.7 Å². The van der Waals surface area contributed by atoms with Crippen LogP contribution in [-0.2, 0) is 14.3 Å². The molecule has 27 heavy (non-hydrogen) atoms. The first-order valence-corrected chi connectivity index (χ1v) is 8.77. The lowest BCUT2D eigenvalue weighted by molar-refractivity contribution is -0.142. The number of carbonyl (C=O) groups excluding carboxylic acids is 2. The zero-order valence-corrected chi connectivity index (χ0v) is 14.9. The van der Waals surface area contributed by atoms with Crippen LogP contribution < -0.4 is 10.1 Å². The molecule has 1 amide bonds. The van der Waals surface area contributed by atoms with Crippen LogP contribution in [-0.4, -0.2) is 25.6 Å². The molecule has 3 aromatic carbocycles. The van der Waals surface area contributed by atoms with Crippen LogP contribution in [0.2, 0.25) is 0 Å². The van der Waals surface area contributed by atoms with Crippen molar-refractivity contribution in [2.24, 2.45) is 0 Å². The van der Waals surface area contributed by atoms with Gasteiger partial charge in [0.15, 0.2) is 6.61 Å². The first-order chi connectivity index (χ1) is 13.2. The Morgan fingerprint density at radius 3 is 2.67 bits per heavy atom. The summed E-state index contributed by atoms with van der Waals surface area (Å²) in [6.07, 6.45) is 0.323. The van der Waals surface area contributed by atoms with Crippen LogP contribution >= 0.6 is 0 Å². The summed E-state index contributed by atoms with van der Waals surface area (Å²) in [5.74, 6) is -0.0434. The average molecular weight is 361 g/mol. The third-order valence-corrected chi connectivity index (χ3v) is 4.86. The normalized spacial score (nSPS) is 15.7. The molecule has 136 valence electrons. The molecule has 0 radical (unpaired) electrons. The molecule has 0 aliphatic carbocycles. The number of ether oxygens (including phenoxy) is 2. The Kier molecular flexibility index (Phi) is 4.50. The van der Waals surface area contributed by atoms with Gasteiger partial charge in [0.25, 0.3) is 0 Å². The number of esters is 1. The van der Waals surface area contributed by atoms with Gasteiger partial charge in [-0.1, -0.05) is 54.6 Å². The number of rotatable bonds is 4. The number of hydrogen-bond acceptors (Lipinski definition) is 4. The molecule has 3 aromatic rings. The first kappa shape index (κ1) is 17.1. The van der Waals surface area contributed by atoms with Gasteiger partial charge in [0.05, 0.1) is 12.8 Å². The van der Waals surface area contributed by atoms with Gasteiger partial charge in [-0.15, -0.1) is 0 Å². The van der Waals surface area contributed by atoms with Gasteiger partial charge >= 0.3 is 5.97 Å². The summed E-state index contributed by atoms with van der Waals surface area (Å²) in [7, 11) is 1.32. The van der Waals surface area contributed by atoms with E-state index in [1.54, 1.807) is 0 Å². The van der Waals surface area contributed by atoms with E-state index in [0.29, 0.717) is 12.2 Å². The maximum absolute atomic E-state index is 12.5. The van der Waals surface area contributed by atoms with E-state index in [2.05, 4.69) is 22.2 Å². The fourth-order valence-corrected chi connectivity index (χ4v) is 3.58. The van der Waals surface area contributed by atoms with E-state index in [1.807, 2.05) is 48.5 Å². The lowest BCUT2D eigenvalue weighted by Gasteiger charge is -2.28. The lowest BCUT2D eigenvalue weighted by atomic mass is 9.83. The Morgan fingerprint density at radius 1 is 1.04 bits per heavy atom. The van der Waals surface area contributed by atoms with Gasteiger partial charge < -0.3 is 14.8 Å². The van der Waals surface area contributed by atoms with Crippen LogP contribution in [0.4, 0.5) is 5.69 Å². The molecule has 1 aliphatic heterocycles. The molecular formula is C22H19NO4. The van der Waals surface area contributed by atoms with E-state index in [4.69, 9.17) is 4.74 Å². The summed E-state index contributed by atoms with van der Waals surface area (Å²) in [6.45, 7) is -0.170. The van der Waals surface area contributed by atoms with Crippen LogP contribution in [0.5, 0.6) is 5.75 Å². The maximum atomic E-state index is 12.5. The number of anilines is 1. The van der Waals surface area contributed by atoms with Gasteiger partial charge in [0, 0.05) is 23.3 Å². The third kappa shape index (κ3) is 3.24. The van der Waals surface area contributed by atoms with Crippen molar-refractivity contribution in [3.05, 3.63) is 71.8 Å². The summed E-state index contributed by atoms with van der Waals surface area (Å²) in [5, 5.41) is 5.12. The van der Waals surface area contributed by atoms with E-state index in [9.17, 15) is 9.59 Å². The molecule has 0 saturated heterocycles. The predicted octanol–water partition coefficient (Wildman–Crippen LogP) is 3.87. The molecule has 0 aromatic heterocycles. The Morgan fingerprint density at radius 2 is 1.81 bits per heavy atom. The monoisotopic (exact) mass is 361 g/mol. The van der Waals surface area contributed by atoms with Crippen LogP contribution in [0.3, 0.4) is 0 Å². The van der Waals surface area contributed by atoms with Crippen molar-refractivity contribution < 1.29 is 19.1 Å². The quantitative estimate of drug-likeness (QED) is 0.717. The van der Waals surface area contributed by atoms with Crippen molar-refractivity contribution >= 4 is 28.3 Å². The summed E-state index contributed by atoms with van der Waals surface area (Å²) in [4.78, 5) is 23.9. The molecule has 0 saturated carbocycles. The second kappa shape index (κ2) is 7.11. The number of nitrogens with one attached hydrogen (secondary N) is 1. The molecule has 0 spiro atoms. The second-order valence-corrected chi connectivity index (χ2v) is 6.46.